The fourth-order valence-corrected chi connectivity index (χ4v) is 3.31. The van der Waals surface area contributed by atoms with Crippen molar-refractivity contribution in [1.82, 2.24) is 18.7 Å². The molecule has 0 unspecified atom stereocenters. The highest BCUT2D eigenvalue weighted by molar-refractivity contribution is 5.77. The molecule has 0 bridgehead atoms. The van der Waals surface area contributed by atoms with Crippen LogP contribution in [0.1, 0.15) is 25.2 Å². The molecule has 0 saturated heterocycles. The summed E-state index contributed by atoms with van der Waals surface area (Å²) < 4.78 is 14.8. The highest BCUT2D eigenvalue weighted by Gasteiger charge is 2.17. The molecular formula is C21H24N4O6. The Morgan fingerprint density at radius 2 is 1.84 bits per heavy atom. The number of aryl methyl sites for hydroxylation is 2. The normalized spacial score (nSPS) is 11.4. The van der Waals surface area contributed by atoms with Crippen LogP contribution in [0, 0.1) is 0 Å². The molecule has 0 aliphatic heterocycles. The summed E-state index contributed by atoms with van der Waals surface area (Å²) in [5.74, 6) is 0.129. The van der Waals surface area contributed by atoms with Crippen LogP contribution in [0.2, 0.25) is 0 Å². The Hall–Kier alpha value is -3.82. The van der Waals surface area contributed by atoms with Crippen molar-refractivity contribution in [3.8, 4) is 11.5 Å². The number of aliphatic carboxylic acids is 1. The van der Waals surface area contributed by atoms with Gasteiger partial charge in [-0.1, -0.05) is 12.1 Å². The van der Waals surface area contributed by atoms with E-state index in [9.17, 15) is 14.4 Å². The van der Waals surface area contributed by atoms with Crippen molar-refractivity contribution < 1.29 is 19.4 Å². The first-order valence-electron chi connectivity index (χ1n) is 9.73. The number of carbonyl (C=O) groups is 1. The first kappa shape index (κ1) is 21.9. The minimum atomic E-state index is -1.08. The number of rotatable bonds is 8. The van der Waals surface area contributed by atoms with Gasteiger partial charge in [0, 0.05) is 20.1 Å². The van der Waals surface area contributed by atoms with Gasteiger partial charge in [0.2, 0.25) is 0 Å². The number of hydrogen-bond acceptors (Lipinski definition) is 6. The Bertz CT molecular complexity index is 1280. The average molecular weight is 428 g/mol. The molecule has 1 N–H and O–H groups in total. The van der Waals surface area contributed by atoms with Crippen LogP contribution in [-0.4, -0.2) is 43.5 Å². The molecule has 164 valence electrons. The summed E-state index contributed by atoms with van der Waals surface area (Å²) in [6.45, 7) is 3.78. The lowest BCUT2D eigenvalue weighted by Crippen LogP contribution is -2.39. The fourth-order valence-electron chi connectivity index (χ4n) is 3.31. The van der Waals surface area contributed by atoms with Gasteiger partial charge in [0.05, 0.1) is 7.11 Å². The standard InChI is InChI=1S/C21H24N4O6/c1-5-24-19-18(20(28)25(6-2)21(24)29)23(3)16(22-19)10-8-13-7-9-14(15(11-13)30-4)31-12-17(26)27/h7-11H,5-6,12H2,1-4H3,(H,26,27)/b10-8+. The number of benzene rings is 1. The maximum Gasteiger partial charge on any atom is 0.341 e. The van der Waals surface area contributed by atoms with Gasteiger partial charge in [-0.15, -0.1) is 0 Å². The summed E-state index contributed by atoms with van der Waals surface area (Å²) in [7, 11) is 3.19. The first-order valence-corrected chi connectivity index (χ1v) is 9.73. The fraction of sp³-hybridized carbons (Fsp3) is 0.333. The molecule has 0 aliphatic carbocycles. The number of nitrogens with zero attached hydrogens (tertiary/aromatic N) is 4. The minimum Gasteiger partial charge on any atom is -0.493 e. The van der Waals surface area contributed by atoms with Crippen LogP contribution in [0.4, 0.5) is 0 Å². The maximum absolute atomic E-state index is 12.8. The largest absolute Gasteiger partial charge is 0.493 e. The van der Waals surface area contributed by atoms with E-state index in [4.69, 9.17) is 14.6 Å². The van der Waals surface area contributed by atoms with Gasteiger partial charge >= 0.3 is 11.7 Å². The molecule has 0 amide bonds. The Balaban J connectivity index is 2.03. The number of carboxylic acid groups (broad SMARTS) is 1. The SMILES string of the molecule is CCn1c(=O)c2c(nc(/C=C/c3ccc(OCC(=O)O)c(OC)c3)n2C)n(CC)c1=O. The molecule has 31 heavy (non-hydrogen) atoms. The van der Waals surface area contributed by atoms with Crippen LogP contribution < -0.4 is 20.7 Å². The molecular weight excluding hydrogens is 404 g/mol. The van der Waals surface area contributed by atoms with Crippen molar-refractivity contribution >= 4 is 29.3 Å². The zero-order chi connectivity index (χ0) is 22.7. The smallest absolute Gasteiger partial charge is 0.341 e. The number of carboxylic acids is 1. The minimum absolute atomic E-state index is 0.278. The summed E-state index contributed by atoms with van der Waals surface area (Å²) in [5.41, 5.74) is 0.712. The molecule has 3 aromatic rings. The van der Waals surface area contributed by atoms with Crippen molar-refractivity contribution in [2.24, 2.45) is 7.05 Å². The summed E-state index contributed by atoms with van der Waals surface area (Å²) in [6, 6.07) is 5.05. The van der Waals surface area contributed by atoms with Gasteiger partial charge in [-0.25, -0.2) is 14.6 Å². The van der Waals surface area contributed by atoms with Crippen LogP contribution in [0.5, 0.6) is 11.5 Å². The highest BCUT2D eigenvalue weighted by Crippen LogP contribution is 2.28. The van der Waals surface area contributed by atoms with E-state index in [-0.39, 0.29) is 17.8 Å². The molecule has 2 aromatic heterocycles. The van der Waals surface area contributed by atoms with E-state index >= 15 is 0 Å². The highest BCUT2D eigenvalue weighted by atomic mass is 16.5. The van der Waals surface area contributed by atoms with Crippen molar-refractivity contribution in [2.45, 2.75) is 26.9 Å². The van der Waals surface area contributed by atoms with Gasteiger partial charge in [-0.3, -0.25) is 13.9 Å². The zero-order valence-electron chi connectivity index (χ0n) is 17.8. The Kier molecular flexibility index (Phi) is 6.28. The first-order chi connectivity index (χ1) is 14.8. The maximum atomic E-state index is 12.8. The lowest BCUT2D eigenvalue weighted by Gasteiger charge is -2.09. The van der Waals surface area contributed by atoms with Gasteiger partial charge in [-0.05, 0) is 37.6 Å². The van der Waals surface area contributed by atoms with E-state index in [2.05, 4.69) is 4.98 Å². The molecule has 10 nitrogen and oxygen atoms in total. The summed E-state index contributed by atoms with van der Waals surface area (Å²) >= 11 is 0. The van der Waals surface area contributed by atoms with Crippen LogP contribution in [0.25, 0.3) is 23.3 Å². The molecule has 10 heteroatoms. The average Bonchev–Trinajstić information content (AvgIpc) is 3.07. The monoisotopic (exact) mass is 428 g/mol. The Morgan fingerprint density at radius 3 is 2.45 bits per heavy atom. The van der Waals surface area contributed by atoms with E-state index in [1.54, 1.807) is 48.9 Å². The van der Waals surface area contributed by atoms with Crippen LogP contribution in [-0.2, 0) is 24.9 Å². The molecule has 0 saturated carbocycles. The molecule has 2 heterocycles. The number of hydrogen-bond donors (Lipinski definition) is 1. The lowest BCUT2D eigenvalue weighted by atomic mass is 10.2. The summed E-state index contributed by atoms with van der Waals surface area (Å²) in [6.07, 6.45) is 3.50. The number of aromatic nitrogens is 4. The van der Waals surface area contributed by atoms with Crippen molar-refractivity contribution in [3.05, 3.63) is 50.4 Å². The third-order valence-corrected chi connectivity index (χ3v) is 4.87. The molecule has 0 atom stereocenters. The molecule has 1 aromatic carbocycles. The third kappa shape index (κ3) is 4.09. The second-order valence-corrected chi connectivity index (χ2v) is 6.70. The topological polar surface area (TPSA) is 118 Å². The quantitative estimate of drug-likeness (QED) is 0.579. The molecule has 0 fully saturated rings. The molecule has 0 spiro atoms. The van der Waals surface area contributed by atoms with Gasteiger partial charge in [0.25, 0.3) is 5.56 Å². The van der Waals surface area contributed by atoms with Crippen molar-refractivity contribution in [3.63, 3.8) is 0 Å². The Morgan fingerprint density at radius 1 is 1.13 bits per heavy atom. The van der Waals surface area contributed by atoms with E-state index in [0.29, 0.717) is 35.0 Å². The number of fused-ring (bicyclic) bond motifs is 1. The summed E-state index contributed by atoms with van der Waals surface area (Å²) in [4.78, 5) is 40.6. The number of ether oxygens (including phenoxy) is 2. The second-order valence-electron chi connectivity index (χ2n) is 6.70. The number of methoxy groups -OCH3 is 1. The lowest BCUT2D eigenvalue weighted by molar-refractivity contribution is -0.139. The van der Waals surface area contributed by atoms with Crippen LogP contribution in [0.3, 0.4) is 0 Å². The van der Waals surface area contributed by atoms with E-state index in [1.165, 1.54) is 16.2 Å². The van der Waals surface area contributed by atoms with Gasteiger partial charge < -0.3 is 19.1 Å². The molecule has 0 aliphatic rings. The number of imidazole rings is 1. The molecule has 0 radical (unpaired) electrons. The van der Waals surface area contributed by atoms with Gasteiger partial charge in [-0.2, -0.15) is 0 Å². The third-order valence-electron chi connectivity index (χ3n) is 4.87. The second kappa shape index (κ2) is 8.90. The van der Waals surface area contributed by atoms with Gasteiger partial charge in [0.1, 0.15) is 5.82 Å². The van der Waals surface area contributed by atoms with Crippen molar-refractivity contribution in [2.75, 3.05) is 13.7 Å². The predicted molar refractivity (Wildman–Crippen MR) is 116 cm³/mol. The summed E-state index contributed by atoms with van der Waals surface area (Å²) in [5, 5.41) is 8.76. The molecule has 3 rings (SSSR count). The predicted octanol–water partition coefficient (Wildman–Crippen LogP) is 1.58. The van der Waals surface area contributed by atoms with E-state index in [1.807, 2.05) is 6.92 Å². The zero-order valence-corrected chi connectivity index (χ0v) is 17.8. The van der Waals surface area contributed by atoms with Crippen molar-refractivity contribution in [1.29, 1.82) is 0 Å². The van der Waals surface area contributed by atoms with E-state index < -0.39 is 12.6 Å². The van der Waals surface area contributed by atoms with Crippen LogP contribution in [0.15, 0.2) is 27.8 Å². The van der Waals surface area contributed by atoms with E-state index in [0.717, 1.165) is 5.56 Å². The van der Waals surface area contributed by atoms with Gasteiger partial charge in [0.15, 0.2) is 29.3 Å². The Labute approximate surface area is 177 Å². The van der Waals surface area contributed by atoms with Crippen LogP contribution >= 0.6 is 0 Å².